The average Bonchev–Trinajstić information content (AvgIpc) is 2.82. The number of nitrogens with zero attached hydrogens (tertiary/aromatic N) is 2. The Bertz CT molecular complexity index is 492. The first kappa shape index (κ1) is 12.4. The summed E-state index contributed by atoms with van der Waals surface area (Å²) in [5.41, 5.74) is 0.383. The molecule has 0 amide bonds. The molecule has 1 N–H and O–H groups in total. The van der Waals surface area contributed by atoms with E-state index in [9.17, 15) is 0 Å². The van der Waals surface area contributed by atoms with Crippen LogP contribution in [0.1, 0.15) is 25.0 Å². The van der Waals surface area contributed by atoms with Gasteiger partial charge in [0.2, 0.25) is 0 Å². The molecule has 0 aliphatic carbocycles. The summed E-state index contributed by atoms with van der Waals surface area (Å²) >= 11 is 0. The fourth-order valence-corrected chi connectivity index (χ4v) is 2.85. The Hall–Kier alpha value is -1.64. The third-order valence-electron chi connectivity index (χ3n) is 3.84. The summed E-state index contributed by atoms with van der Waals surface area (Å²) in [4.78, 5) is 3.94. The highest BCUT2D eigenvalue weighted by Gasteiger charge is 2.42. The average molecular weight is 259 g/mol. The maximum atomic E-state index is 8.82. The molecule has 1 aromatic rings. The molecule has 0 radical (unpaired) electrons. The van der Waals surface area contributed by atoms with Gasteiger partial charge in [0.1, 0.15) is 23.6 Å². The van der Waals surface area contributed by atoms with E-state index in [0.29, 0.717) is 18.1 Å². The Kier molecular flexibility index (Phi) is 3.36. The molecule has 5 nitrogen and oxygen atoms in total. The molecule has 0 saturated carbocycles. The molecule has 3 heterocycles. The van der Waals surface area contributed by atoms with Crippen LogP contribution in [0.3, 0.4) is 0 Å². The van der Waals surface area contributed by atoms with Gasteiger partial charge in [0.05, 0.1) is 12.2 Å². The molecule has 1 unspecified atom stereocenters. The van der Waals surface area contributed by atoms with Crippen molar-refractivity contribution >= 4 is 0 Å². The molecule has 5 heteroatoms. The van der Waals surface area contributed by atoms with Crippen molar-refractivity contribution in [3.05, 3.63) is 24.0 Å². The second-order valence-corrected chi connectivity index (χ2v) is 5.18. The van der Waals surface area contributed by atoms with E-state index in [1.807, 2.05) is 6.07 Å². The van der Waals surface area contributed by atoms with E-state index in [-0.39, 0.29) is 11.7 Å². The molecule has 2 fully saturated rings. The van der Waals surface area contributed by atoms with Crippen molar-refractivity contribution in [1.29, 1.82) is 5.26 Å². The van der Waals surface area contributed by atoms with E-state index in [1.165, 1.54) is 0 Å². The normalized spacial score (nSPS) is 25.1. The lowest BCUT2D eigenvalue weighted by Gasteiger charge is -2.32. The Morgan fingerprint density at radius 3 is 3.11 bits per heavy atom. The summed E-state index contributed by atoms with van der Waals surface area (Å²) in [6, 6.07) is 5.48. The van der Waals surface area contributed by atoms with Crippen molar-refractivity contribution in [1.82, 2.24) is 10.3 Å². The molecule has 0 bridgehead atoms. The van der Waals surface area contributed by atoms with Crippen LogP contribution in [0.25, 0.3) is 0 Å². The zero-order valence-corrected chi connectivity index (χ0v) is 10.8. The number of nitrogens with one attached hydrogen (secondary N) is 1. The predicted molar refractivity (Wildman–Crippen MR) is 68.8 cm³/mol. The fourth-order valence-electron chi connectivity index (χ4n) is 2.85. The van der Waals surface area contributed by atoms with E-state index in [4.69, 9.17) is 14.7 Å². The lowest BCUT2D eigenvalue weighted by molar-refractivity contribution is -0.0205. The lowest BCUT2D eigenvalue weighted by Crippen LogP contribution is -2.41. The number of piperidine rings is 1. The number of hydrogen-bond acceptors (Lipinski definition) is 5. The molecular weight excluding hydrogens is 242 g/mol. The van der Waals surface area contributed by atoms with Gasteiger partial charge in [-0.2, -0.15) is 5.26 Å². The summed E-state index contributed by atoms with van der Waals surface area (Å²) in [5, 5.41) is 12.2. The number of pyridine rings is 1. The van der Waals surface area contributed by atoms with E-state index >= 15 is 0 Å². The van der Waals surface area contributed by atoms with E-state index < -0.39 is 0 Å². The molecule has 19 heavy (non-hydrogen) atoms. The molecule has 2 aliphatic heterocycles. The first-order valence-electron chi connectivity index (χ1n) is 6.67. The van der Waals surface area contributed by atoms with Crippen LogP contribution in [0, 0.1) is 11.3 Å². The van der Waals surface area contributed by atoms with Gasteiger partial charge in [0.25, 0.3) is 0 Å². The minimum atomic E-state index is 0.000998. The third kappa shape index (κ3) is 2.70. The standard InChI is InChI=1S/C14H17N3O2/c15-9-11-7-12(1-4-17-11)19-13-8-14(18-10-13)2-5-16-6-3-14/h1,4,7,13,16H,2-3,5-6,8,10H2. The highest BCUT2D eigenvalue weighted by molar-refractivity contribution is 5.30. The minimum Gasteiger partial charge on any atom is -0.488 e. The van der Waals surface area contributed by atoms with Crippen LogP contribution in [0.5, 0.6) is 5.75 Å². The number of ether oxygens (including phenoxy) is 2. The van der Waals surface area contributed by atoms with Crippen molar-refractivity contribution in [2.75, 3.05) is 19.7 Å². The van der Waals surface area contributed by atoms with E-state index in [0.717, 1.165) is 32.4 Å². The number of rotatable bonds is 2. The van der Waals surface area contributed by atoms with Gasteiger partial charge in [-0.3, -0.25) is 0 Å². The van der Waals surface area contributed by atoms with Crippen LogP contribution in [0.2, 0.25) is 0 Å². The van der Waals surface area contributed by atoms with Gasteiger partial charge in [-0.1, -0.05) is 0 Å². The highest BCUT2D eigenvalue weighted by Crippen LogP contribution is 2.35. The first-order chi connectivity index (χ1) is 9.30. The van der Waals surface area contributed by atoms with Crippen LogP contribution in [0.15, 0.2) is 18.3 Å². The van der Waals surface area contributed by atoms with Gasteiger partial charge in [-0.15, -0.1) is 0 Å². The Balaban J connectivity index is 1.63. The van der Waals surface area contributed by atoms with Crippen molar-refractivity contribution in [2.45, 2.75) is 31.0 Å². The molecule has 3 rings (SSSR count). The Morgan fingerprint density at radius 2 is 2.32 bits per heavy atom. The maximum Gasteiger partial charge on any atom is 0.144 e. The molecule has 100 valence electrons. The summed E-state index contributed by atoms with van der Waals surface area (Å²) in [6.45, 7) is 2.66. The van der Waals surface area contributed by atoms with Crippen LogP contribution in [0.4, 0.5) is 0 Å². The summed E-state index contributed by atoms with van der Waals surface area (Å²) < 4.78 is 11.9. The van der Waals surface area contributed by atoms with Gasteiger partial charge in [-0.25, -0.2) is 4.98 Å². The van der Waals surface area contributed by atoms with Crippen LogP contribution >= 0.6 is 0 Å². The molecule has 0 aromatic carbocycles. The topological polar surface area (TPSA) is 67.2 Å². The molecule has 1 aromatic heterocycles. The summed E-state index contributed by atoms with van der Waals surface area (Å²) in [6.07, 6.45) is 4.70. The molecular formula is C14H17N3O2. The van der Waals surface area contributed by atoms with Crippen molar-refractivity contribution in [3.8, 4) is 11.8 Å². The second kappa shape index (κ2) is 5.16. The molecule has 1 spiro atoms. The molecule has 2 aliphatic rings. The zero-order valence-electron chi connectivity index (χ0n) is 10.8. The number of hydrogen-bond donors (Lipinski definition) is 1. The van der Waals surface area contributed by atoms with Gasteiger partial charge in [0.15, 0.2) is 0 Å². The molecule has 1 atom stereocenters. The van der Waals surface area contributed by atoms with Gasteiger partial charge >= 0.3 is 0 Å². The van der Waals surface area contributed by atoms with Gasteiger partial charge in [-0.05, 0) is 32.0 Å². The first-order valence-corrected chi connectivity index (χ1v) is 6.67. The van der Waals surface area contributed by atoms with Crippen molar-refractivity contribution < 1.29 is 9.47 Å². The van der Waals surface area contributed by atoms with Crippen LogP contribution in [-0.4, -0.2) is 36.4 Å². The lowest BCUT2D eigenvalue weighted by atomic mass is 9.89. The smallest absolute Gasteiger partial charge is 0.144 e. The highest BCUT2D eigenvalue weighted by atomic mass is 16.6. The van der Waals surface area contributed by atoms with Gasteiger partial charge < -0.3 is 14.8 Å². The van der Waals surface area contributed by atoms with Crippen molar-refractivity contribution in [3.63, 3.8) is 0 Å². The van der Waals surface area contributed by atoms with Crippen molar-refractivity contribution in [2.24, 2.45) is 0 Å². The predicted octanol–water partition coefficient (Wildman–Crippen LogP) is 1.24. The number of nitriles is 1. The third-order valence-corrected chi connectivity index (χ3v) is 3.84. The fraction of sp³-hybridized carbons (Fsp3) is 0.571. The van der Waals surface area contributed by atoms with E-state index in [1.54, 1.807) is 18.3 Å². The minimum absolute atomic E-state index is 0.000998. The maximum absolute atomic E-state index is 8.82. The monoisotopic (exact) mass is 259 g/mol. The Morgan fingerprint density at radius 1 is 1.47 bits per heavy atom. The SMILES string of the molecule is N#Cc1cc(OC2COC3(CCNCC3)C2)ccn1. The quantitative estimate of drug-likeness (QED) is 0.865. The summed E-state index contributed by atoms with van der Waals surface area (Å²) in [7, 11) is 0. The Labute approximate surface area is 112 Å². The largest absolute Gasteiger partial charge is 0.488 e. The zero-order chi connectivity index (χ0) is 13.1. The number of aromatic nitrogens is 1. The summed E-state index contributed by atoms with van der Waals surface area (Å²) in [5.74, 6) is 0.700. The van der Waals surface area contributed by atoms with Crippen LogP contribution in [-0.2, 0) is 4.74 Å². The van der Waals surface area contributed by atoms with Gasteiger partial charge in [0, 0.05) is 18.7 Å². The molecule has 2 saturated heterocycles. The second-order valence-electron chi connectivity index (χ2n) is 5.18. The van der Waals surface area contributed by atoms with Crippen LogP contribution < -0.4 is 10.1 Å². The van der Waals surface area contributed by atoms with E-state index in [2.05, 4.69) is 10.3 Å².